The van der Waals surface area contributed by atoms with Gasteiger partial charge in [-0.15, -0.1) is 11.3 Å². The summed E-state index contributed by atoms with van der Waals surface area (Å²) in [5, 5.41) is 2.03. The molecule has 2 heterocycles. The first-order valence-corrected chi connectivity index (χ1v) is 7.28. The molecule has 1 aliphatic carbocycles. The minimum absolute atomic E-state index is 0.0327. The second kappa shape index (κ2) is 4.69. The number of aromatic amines is 1. The molecule has 2 aromatic rings. The van der Waals surface area contributed by atoms with Crippen LogP contribution in [0, 0.1) is 6.92 Å². The van der Waals surface area contributed by atoms with Crippen molar-refractivity contribution in [3.05, 3.63) is 39.1 Å². The standard InChI is InChI=1S/C14H16N2OS/c1-9-6-7-18-13(9)14-15-11(8-12(17)16-14)10-4-2-3-5-10/h6-8,10H,2-5H2,1H3,(H,15,16,17). The molecule has 18 heavy (non-hydrogen) atoms. The van der Waals surface area contributed by atoms with Crippen molar-refractivity contribution in [3.63, 3.8) is 0 Å². The number of rotatable bonds is 2. The van der Waals surface area contributed by atoms with Crippen LogP contribution in [0.2, 0.25) is 0 Å². The molecule has 1 N–H and O–H groups in total. The third-order valence-corrected chi connectivity index (χ3v) is 4.64. The maximum Gasteiger partial charge on any atom is 0.251 e. The number of hydrogen-bond donors (Lipinski definition) is 1. The van der Waals surface area contributed by atoms with Crippen molar-refractivity contribution < 1.29 is 0 Å². The van der Waals surface area contributed by atoms with Crippen LogP contribution in [0.3, 0.4) is 0 Å². The molecule has 0 spiro atoms. The Bertz CT molecular complexity index is 608. The number of nitrogens with zero attached hydrogens (tertiary/aromatic N) is 1. The zero-order valence-corrected chi connectivity index (χ0v) is 11.2. The molecule has 94 valence electrons. The maximum absolute atomic E-state index is 11.8. The highest BCUT2D eigenvalue weighted by atomic mass is 32.1. The molecule has 1 saturated carbocycles. The topological polar surface area (TPSA) is 45.8 Å². The zero-order chi connectivity index (χ0) is 12.5. The van der Waals surface area contributed by atoms with Crippen LogP contribution in [-0.2, 0) is 0 Å². The van der Waals surface area contributed by atoms with Gasteiger partial charge in [0.1, 0.15) is 0 Å². The second-order valence-electron chi connectivity index (χ2n) is 4.93. The summed E-state index contributed by atoms with van der Waals surface area (Å²) in [7, 11) is 0. The normalized spacial score (nSPS) is 16.3. The van der Waals surface area contributed by atoms with Gasteiger partial charge in [-0.25, -0.2) is 4.98 Å². The molecule has 3 nitrogen and oxygen atoms in total. The van der Waals surface area contributed by atoms with E-state index in [2.05, 4.69) is 16.0 Å². The molecule has 4 heteroatoms. The predicted molar refractivity (Wildman–Crippen MR) is 74.1 cm³/mol. The van der Waals surface area contributed by atoms with E-state index in [4.69, 9.17) is 0 Å². The number of nitrogens with one attached hydrogen (secondary N) is 1. The number of aromatic nitrogens is 2. The summed E-state index contributed by atoms with van der Waals surface area (Å²) < 4.78 is 0. The summed E-state index contributed by atoms with van der Waals surface area (Å²) in [6.45, 7) is 2.05. The third-order valence-electron chi connectivity index (χ3n) is 3.61. The van der Waals surface area contributed by atoms with E-state index in [0.29, 0.717) is 5.92 Å². The van der Waals surface area contributed by atoms with E-state index in [1.807, 2.05) is 12.3 Å². The van der Waals surface area contributed by atoms with Gasteiger partial charge in [-0.05, 0) is 36.8 Å². The number of thiophene rings is 1. The zero-order valence-electron chi connectivity index (χ0n) is 10.4. The molecule has 0 aromatic carbocycles. The number of aryl methyl sites for hydroxylation is 1. The summed E-state index contributed by atoms with van der Waals surface area (Å²) in [6.07, 6.45) is 4.84. The van der Waals surface area contributed by atoms with E-state index < -0.39 is 0 Å². The van der Waals surface area contributed by atoms with Crippen LogP contribution in [0.15, 0.2) is 22.3 Å². The first kappa shape index (κ1) is 11.7. The van der Waals surface area contributed by atoms with Crippen LogP contribution in [0.4, 0.5) is 0 Å². The Hall–Kier alpha value is -1.42. The lowest BCUT2D eigenvalue weighted by atomic mass is 10.0. The fourth-order valence-electron chi connectivity index (χ4n) is 2.63. The lowest BCUT2D eigenvalue weighted by molar-refractivity contribution is 0.693. The van der Waals surface area contributed by atoms with Gasteiger partial charge in [-0.1, -0.05) is 12.8 Å². The maximum atomic E-state index is 11.8. The van der Waals surface area contributed by atoms with Gasteiger partial charge < -0.3 is 4.98 Å². The Balaban J connectivity index is 2.06. The Morgan fingerprint density at radius 2 is 2.17 bits per heavy atom. The fourth-order valence-corrected chi connectivity index (χ4v) is 3.50. The average molecular weight is 260 g/mol. The van der Waals surface area contributed by atoms with Gasteiger partial charge >= 0.3 is 0 Å². The van der Waals surface area contributed by atoms with E-state index in [-0.39, 0.29) is 5.56 Å². The van der Waals surface area contributed by atoms with Crippen molar-refractivity contribution in [2.75, 3.05) is 0 Å². The molecule has 3 rings (SSSR count). The quantitative estimate of drug-likeness (QED) is 0.898. The molecule has 0 unspecified atom stereocenters. The molecule has 1 fully saturated rings. The summed E-state index contributed by atoms with van der Waals surface area (Å²) in [4.78, 5) is 20.4. The largest absolute Gasteiger partial charge is 0.306 e. The van der Waals surface area contributed by atoms with Crippen LogP contribution in [0.25, 0.3) is 10.7 Å². The SMILES string of the molecule is Cc1ccsc1-c1nc(C2CCCC2)cc(=O)[nH]1. The minimum atomic E-state index is -0.0327. The molecule has 1 aliphatic rings. The van der Waals surface area contributed by atoms with Gasteiger partial charge in [0.2, 0.25) is 0 Å². The smallest absolute Gasteiger partial charge is 0.251 e. The van der Waals surface area contributed by atoms with Crippen molar-refractivity contribution in [3.8, 4) is 10.7 Å². The van der Waals surface area contributed by atoms with Crippen LogP contribution < -0.4 is 5.56 Å². The number of H-pyrrole nitrogens is 1. The molecule has 0 atom stereocenters. The molecule has 0 saturated heterocycles. The molecule has 0 radical (unpaired) electrons. The summed E-state index contributed by atoms with van der Waals surface area (Å²) in [5.41, 5.74) is 2.11. The Morgan fingerprint density at radius 1 is 1.39 bits per heavy atom. The van der Waals surface area contributed by atoms with Crippen molar-refractivity contribution >= 4 is 11.3 Å². The lowest BCUT2D eigenvalue weighted by Crippen LogP contribution is -2.12. The van der Waals surface area contributed by atoms with Gasteiger partial charge in [0.05, 0.1) is 10.6 Å². The van der Waals surface area contributed by atoms with E-state index in [1.165, 1.54) is 31.2 Å². The minimum Gasteiger partial charge on any atom is -0.306 e. The van der Waals surface area contributed by atoms with Crippen molar-refractivity contribution in [2.45, 2.75) is 38.5 Å². The highest BCUT2D eigenvalue weighted by Crippen LogP contribution is 2.33. The van der Waals surface area contributed by atoms with Crippen LogP contribution >= 0.6 is 11.3 Å². The molecule has 0 aliphatic heterocycles. The van der Waals surface area contributed by atoms with Crippen molar-refractivity contribution in [2.24, 2.45) is 0 Å². The van der Waals surface area contributed by atoms with Gasteiger partial charge in [0.25, 0.3) is 5.56 Å². The van der Waals surface area contributed by atoms with Gasteiger partial charge in [-0.2, -0.15) is 0 Å². The average Bonchev–Trinajstić information content (AvgIpc) is 2.98. The highest BCUT2D eigenvalue weighted by molar-refractivity contribution is 7.13. The molecule has 0 amide bonds. The van der Waals surface area contributed by atoms with Gasteiger partial charge in [0, 0.05) is 12.0 Å². The summed E-state index contributed by atoms with van der Waals surface area (Å²) in [6, 6.07) is 3.73. The Kier molecular flexibility index (Phi) is 3.04. The van der Waals surface area contributed by atoms with Gasteiger partial charge in [0.15, 0.2) is 5.82 Å². The van der Waals surface area contributed by atoms with E-state index >= 15 is 0 Å². The molecule has 2 aromatic heterocycles. The monoisotopic (exact) mass is 260 g/mol. The summed E-state index contributed by atoms with van der Waals surface area (Å²) in [5.74, 6) is 1.21. The first-order chi connectivity index (χ1) is 8.74. The molecular formula is C14H16N2OS. The first-order valence-electron chi connectivity index (χ1n) is 6.40. The van der Waals surface area contributed by atoms with Crippen LogP contribution in [0.5, 0.6) is 0 Å². The second-order valence-corrected chi connectivity index (χ2v) is 5.85. The van der Waals surface area contributed by atoms with E-state index in [1.54, 1.807) is 17.4 Å². The Labute approximate surface area is 110 Å². The third kappa shape index (κ3) is 2.12. The van der Waals surface area contributed by atoms with E-state index in [9.17, 15) is 4.79 Å². The Morgan fingerprint density at radius 3 is 2.83 bits per heavy atom. The lowest BCUT2D eigenvalue weighted by Gasteiger charge is -2.09. The fraction of sp³-hybridized carbons (Fsp3) is 0.429. The predicted octanol–water partition coefficient (Wildman–Crippen LogP) is 3.46. The number of hydrogen-bond acceptors (Lipinski definition) is 3. The van der Waals surface area contributed by atoms with Crippen molar-refractivity contribution in [1.29, 1.82) is 0 Å². The highest BCUT2D eigenvalue weighted by Gasteiger charge is 2.20. The molecular weight excluding hydrogens is 244 g/mol. The summed E-state index contributed by atoms with van der Waals surface area (Å²) >= 11 is 1.63. The van der Waals surface area contributed by atoms with Gasteiger partial charge in [-0.3, -0.25) is 4.79 Å². The van der Waals surface area contributed by atoms with Crippen molar-refractivity contribution in [1.82, 2.24) is 9.97 Å². The van der Waals surface area contributed by atoms with E-state index in [0.717, 1.165) is 16.4 Å². The molecule has 0 bridgehead atoms. The van der Waals surface area contributed by atoms with Crippen LogP contribution in [0.1, 0.15) is 42.9 Å². The van der Waals surface area contributed by atoms with Crippen LogP contribution in [-0.4, -0.2) is 9.97 Å².